The molecule has 1 atom stereocenters. The van der Waals surface area contributed by atoms with Crippen LogP contribution in [0.1, 0.15) is 29.4 Å². The third-order valence-electron chi connectivity index (χ3n) is 3.72. The van der Waals surface area contributed by atoms with E-state index < -0.39 is 23.1 Å². The van der Waals surface area contributed by atoms with Gasteiger partial charge < -0.3 is 23.7 Å². The Balaban J connectivity index is 2.54. The molecule has 134 valence electrons. The van der Waals surface area contributed by atoms with Crippen molar-refractivity contribution >= 4 is 5.97 Å². The van der Waals surface area contributed by atoms with Crippen molar-refractivity contribution in [2.75, 3.05) is 21.3 Å². The topological polar surface area (TPSA) is 95.2 Å². The maximum Gasteiger partial charge on any atom is 0.306 e. The second-order valence-corrected chi connectivity index (χ2v) is 5.33. The summed E-state index contributed by atoms with van der Waals surface area (Å²) in [6.07, 6.45) is -0.101. The maximum absolute atomic E-state index is 12.0. The van der Waals surface area contributed by atoms with Gasteiger partial charge in [-0.1, -0.05) is 12.1 Å². The van der Waals surface area contributed by atoms with Gasteiger partial charge in [-0.05, 0) is 17.7 Å². The molecule has 0 spiro atoms. The van der Waals surface area contributed by atoms with Gasteiger partial charge in [0.1, 0.15) is 18.1 Å². The van der Waals surface area contributed by atoms with Gasteiger partial charge in [0, 0.05) is 13.2 Å². The van der Waals surface area contributed by atoms with Crippen LogP contribution in [0.25, 0.3) is 0 Å². The number of carbonyl (C=O) groups is 1. The summed E-state index contributed by atoms with van der Waals surface area (Å²) in [4.78, 5) is 23.9. The van der Waals surface area contributed by atoms with Gasteiger partial charge in [0.25, 0.3) is 0 Å². The number of methoxy groups -OCH3 is 3. The molecule has 2 rings (SSSR count). The van der Waals surface area contributed by atoms with E-state index in [0.717, 1.165) is 6.07 Å². The van der Waals surface area contributed by atoms with Crippen LogP contribution in [0.3, 0.4) is 0 Å². The van der Waals surface area contributed by atoms with Crippen LogP contribution < -0.4 is 10.2 Å². The van der Waals surface area contributed by atoms with Crippen molar-refractivity contribution in [1.29, 1.82) is 0 Å². The molecule has 1 aromatic heterocycles. The van der Waals surface area contributed by atoms with Crippen molar-refractivity contribution in [2.24, 2.45) is 0 Å². The molecular formula is C18H20O7. The first-order valence-electron chi connectivity index (χ1n) is 7.55. The van der Waals surface area contributed by atoms with Gasteiger partial charge in [0.05, 0.1) is 26.6 Å². The lowest BCUT2D eigenvalue weighted by atomic mass is 9.92. The van der Waals surface area contributed by atoms with E-state index in [1.54, 1.807) is 31.4 Å². The highest BCUT2D eigenvalue weighted by Gasteiger charge is 2.26. The van der Waals surface area contributed by atoms with Crippen LogP contribution >= 0.6 is 0 Å². The molecule has 0 saturated heterocycles. The zero-order valence-corrected chi connectivity index (χ0v) is 14.3. The van der Waals surface area contributed by atoms with E-state index in [1.807, 2.05) is 0 Å². The summed E-state index contributed by atoms with van der Waals surface area (Å²) in [6, 6.07) is 8.05. The minimum absolute atomic E-state index is 0.00452. The first kappa shape index (κ1) is 18.5. The predicted molar refractivity (Wildman–Crippen MR) is 88.8 cm³/mol. The second kappa shape index (κ2) is 8.34. The molecule has 7 heteroatoms. The Hall–Kier alpha value is -2.80. The molecule has 0 fully saturated rings. The molecule has 0 aliphatic carbocycles. The molecule has 0 unspecified atom stereocenters. The van der Waals surface area contributed by atoms with Crippen molar-refractivity contribution in [3.8, 4) is 11.5 Å². The maximum atomic E-state index is 12.0. The van der Waals surface area contributed by atoms with E-state index in [1.165, 1.54) is 14.2 Å². The molecule has 1 aromatic carbocycles. The normalized spacial score (nSPS) is 11.8. The molecule has 0 bridgehead atoms. The van der Waals surface area contributed by atoms with E-state index in [-0.39, 0.29) is 24.5 Å². The van der Waals surface area contributed by atoms with Crippen LogP contribution in [0.4, 0.5) is 0 Å². The fourth-order valence-electron chi connectivity index (χ4n) is 2.45. The number of benzene rings is 1. The van der Waals surface area contributed by atoms with E-state index in [4.69, 9.17) is 18.6 Å². The Morgan fingerprint density at radius 2 is 1.88 bits per heavy atom. The average Bonchev–Trinajstić information content (AvgIpc) is 2.63. The molecule has 0 radical (unpaired) electrons. The number of hydrogen-bond donors (Lipinski definition) is 1. The van der Waals surface area contributed by atoms with Gasteiger partial charge in [-0.15, -0.1) is 0 Å². The third kappa shape index (κ3) is 4.39. The van der Waals surface area contributed by atoms with Gasteiger partial charge in [-0.3, -0.25) is 9.59 Å². The lowest BCUT2D eigenvalue weighted by Gasteiger charge is -2.17. The highest BCUT2D eigenvalue weighted by atomic mass is 16.5. The van der Waals surface area contributed by atoms with Crippen molar-refractivity contribution in [3.63, 3.8) is 0 Å². The first-order valence-corrected chi connectivity index (χ1v) is 7.55. The van der Waals surface area contributed by atoms with E-state index in [0.29, 0.717) is 11.3 Å². The standard InChI is InChI=1S/C18H20O7/c1-22-10-13-8-15(19)17(21)18(25-13)14(9-16(20)24-3)11-4-6-12(23-2)7-5-11/h4-8,14,21H,9-10H2,1-3H3/t14-/m1/s1. The average molecular weight is 348 g/mol. The Bertz CT molecular complexity index is 777. The molecule has 1 N–H and O–H groups in total. The molecule has 0 aliphatic rings. The van der Waals surface area contributed by atoms with Gasteiger partial charge in [0.2, 0.25) is 11.2 Å². The van der Waals surface area contributed by atoms with Crippen LogP contribution in [-0.4, -0.2) is 32.4 Å². The Morgan fingerprint density at radius 1 is 1.20 bits per heavy atom. The Kier molecular flexibility index (Phi) is 6.19. The summed E-state index contributed by atoms with van der Waals surface area (Å²) in [5, 5.41) is 10.2. The molecule has 0 amide bonds. The van der Waals surface area contributed by atoms with Crippen LogP contribution in [0.15, 0.2) is 39.5 Å². The number of hydrogen-bond acceptors (Lipinski definition) is 7. The van der Waals surface area contributed by atoms with Crippen LogP contribution in [-0.2, 0) is 20.9 Å². The van der Waals surface area contributed by atoms with Crippen molar-refractivity contribution < 1.29 is 28.5 Å². The van der Waals surface area contributed by atoms with E-state index in [9.17, 15) is 14.7 Å². The second-order valence-electron chi connectivity index (χ2n) is 5.33. The third-order valence-corrected chi connectivity index (χ3v) is 3.72. The van der Waals surface area contributed by atoms with Crippen molar-refractivity contribution in [2.45, 2.75) is 18.9 Å². The molecule has 25 heavy (non-hydrogen) atoms. The molecule has 0 aliphatic heterocycles. The summed E-state index contributed by atoms with van der Waals surface area (Å²) in [5.74, 6) is -0.842. The van der Waals surface area contributed by atoms with Gasteiger partial charge in [0.15, 0.2) is 5.76 Å². The summed E-state index contributed by atoms with van der Waals surface area (Å²) in [5.41, 5.74) is 0.0656. The fraction of sp³-hybridized carbons (Fsp3) is 0.333. The quantitative estimate of drug-likeness (QED) is 0.766. The zero-order valence-electron chi connectivity index (χ0n) is 14.3. The smallest absolute Gasteiger partial charge is 0.306 e. The first-order chi connectivity index (χ1) is 12.0. The number of aromatic hydroxyl groups is 1. The fourth-order valence-corrected chi connectivity index (χ4v) is 2.45. The van der Waals surface area contributed by atoms with Gasteiger partial charge in [-0.2, -0.15) is 0 Å². The summed E-state index contributed by atoms with van der Waals surface area (Å²) < 4.78 is 20.5. The van der Waals surface area contributed by atoms with E-state index in [2.05, 4.69) is 0 Å². The number of ether oxygens (including phenoxy) is 3. The SMILES string of the molecule is COCc1cc(=O)c(O)c([C@H](CC(=O)OC)c2ccc(OC)cc2)o1. The van der Waals surface area contributed by atoms with Crippen LogP contribution in [0.2, 0.25) is 0 Å². The number of esters is 1. The van der Waals surface area contributed by atoms with Gasteiger partial charge >= 0.3 is 5.97 Å². The van der Waals surface area contributed by atoms with Crippen molar-refractivity contribution in [3.05, 3.63) is 57.6 Å². The Labute approximate surface area is 144 Å². The largest absolute Gasteiger partial charge is 0.502 e. The van der Waals surface area contributed by atoms with Crippen molar-refractivity contribution in [1.82, 2.24) is 0 Å². The highest BCUT2D eigenvalue weighted by molar-refractivity contribution is 5.71. The number of carbonyl (C=O) groups excluding carboxylic acids is 1. The zero-order chi connectivity index (χ0) is 18.4. The molecule has 7 nitrogen and oxygen atoms in total. The Morgan fingerprint density at radius 3 is 2.44 bits per heavy atom. The molecular weight excluding hydrogens is 328 g/mol. The minimum atomic E-state index is -0.692. The summed E-state index contributed by atoms with van der Waals surface area (Å²) in [6.45, 7) is 0.0656. The number of rotatable bonds is 7. The molecule has 2 aromatic rings. The van der Waals surface area contributed by atoms with Gasteiger partial charge in [-0.25, -0.2) is 0 Å². The van der Waals surface area contributed by atoms with Crippen LogP contribution in [0.5, 0.6) is 11.5 Å². The summed E-state index contributed by atoms with van der Waals surface area (Å²) in [7, 11) is 4.27. The predicted octanol–water partition coefficient (Wildman–Crippen LogP) is 2.20. The van der Waals surface area contributed by atoms with E-state index >= 15 is 0 Å². The molecule has 0 saturated carbocycles. The highest BCUT2D eigenvalue weighted by Crippen LogP contribution is 2.34. The minimum Gasteiger partial charge on any atom is -0.502 e. The monoisotopic (exact) mass is 348 g/mol. The van der Waals surface area contributed by atoms with Crippen LogP contribution in [0, 0.1) is 0 Å². The lowest BCUT2D eigenvalue weighted by molar-refractivity contribution is -0.140. The summed E-state index contributed by atoms with van der Waals surface area (Å²) >= 11 is 0. The molecule has 1 heterocycles. The lowest BCUT2D eigenvalue weighted by Crippen LogP contribution is -2.14.